The Morgan fingerprint density at radius 3 is 2.75 bits per heavy atom. The minimum Gasteiger partial charge on any atom is -0.481 e. The fourth-order valence-electron chi connectivity index (χ4n) is 2.43. The molecule has 1 unspecified atom stereocenters. The minimum atomic E-state index is -1.01. The predicted molar refractivity (Wildman–Crippen MR) is 89.2 cm³/mol. The molecule has 24 heavy (non-hydrogen) atoms. The number of benzene rings is 1. The zero-order chi connectivity index (χ0) is 17.3. The van der Waals surface area contributed by atoms with Gasteiger partial charge in [-0.05, 0) is 19.1 Å². The number of amides is 2. The van der Waals surface area contributed by atoms with Crippen LogP contribution in [0.3, 0.4) is 0 Å². The van der Waals surface area contributed by atoms with E-state index in [1.54, 1.807) is 5.38 Å². The lowest BCUT2D eigenvalue weighted by molar-refractivity contribution is -0.136. The molecule has 124 valence electrons. The molecule has 0 saturated carbocycles. The molecule has 2 heterocycles. The van der Waals surface area contributed by atoms with Crippen molar-refractivity contribution in [3.8, 4) is 0 Å². The number of thiazole rings is 1. The molecule has 0 radical (unpaired) electrons. The van der Waals surface area contributed by atoms with Crippen molar-refractivity contribution in [2.45, 2.75) is 25.8 Å². The summed E-state index contributed by atoms with van der Waals surface area (Å²) in [7, 11) is 0. The zero-order valence-corrected chi connectivity index (χ0v) is 13.7. The summed E-state index contributed by atoms with van der Waals surface area (Å²) in [6.07, 6.45) is -0.196. The Morgan fingerprint density at radius 2 is 2.08 bits per heavy atom. The number of carbonyl (C=O) groups is 3. The number of nitrogens with one attached hydrogen (secondary N) is 1. The predicted octanol–water partition coefficient (Wildman–Crippen LogP) is 1.82. The van der Waals surface area contributed by atoms with Gasteiger partial charge in [0.15, 0.2) is 5.13 Å². The largest absolute Gasteiger partial charge is 0.481 e. The van der Waals surface area contributed by atoms with Crippen LogP contribution in [0.4, 0.5) is 10.8 Å². The average Bonchev–Trinajstić information content (AvgIpc) is 3.06. The maximum atomic E-state index is 12.5. The van der Waals surface area contributed by atoms with Crippen molar-refractivity contribution in [1.29, 1.82) is 0 Å². The van der Waals surface area contributed by atoms with E-state index in [1.807, 2.05) is 31.2 Å². The summed E-state index contributed by atoms with van der Waals surface area (Å²) in [5.74, 6) is -1.73. The summed E-state index contributed by atoms with van der Waals surface area (Å²) in [4.78, 5) is 40.5. The van der Waals surface area contributed by atoms with Crippen molar-refractivity contribution in [3.63, 3.8) is 0 Å². The van der Waals surface area contributed by atoms with E-state index in [9.17, 15) is 14.4 Å². The molecule has 2 amide bonds. The molecule has 8 heteroatoms. The van der Waals surface area contributed by atoms with E-state index in [0.717, 1.165) is 27.5 Å². The monoisotopic (exact) mass is 345 g/mol. The number of aromatic nitrogens is 1. The Hall–Kier alpha value is -2.74. The second-order valence-electron chi connectivity index (χ2n) is 5.53. The van der Waals surface area contributed by atoms with Crippen LogP contribution in [-0.4, -0.2) is 33.9 Å². The molecule has 0 bridgehead atoms. The highest BCUT2D eigenvalue weighted by Gasteiger charge is 2.41. The van der Waals surface area contributed by atoms with Crippen LogP contribution >= 0.6 is 11.3 Å². The van der Waals surface area contributed by atoms with Crippen LogP contribution in [0, 0.1) is 6.92 Å². The molecule has 2 N–H and O–H groups in total. The molecule has 1 saturated heterocycles. The van der Waals surface area contributed by atoms with Gasteiger partial charge in [-0.1, -0.05) is 17.7 Å². The quantitative estimate of drug-likeness (QED) is 0.802. The van der Waals surface area contributed by atoms with Gasteiger partial charge in [0.05, 0.1) is 18.5 Å². The number of hydrogen-bond acceptors (Lipinski definition) is 6. The summed E-state index contributed by atoms with van der Waals surface area (Å²) in [6, 6.07) is 6.89. The average molecular weight is 345 g/mol. The highest BCUT2D eigenvalue weighted by atomic mass is 32.1. The maximum Gasteiger partial charge on any atom is 0.309 e. The van der Waals surface area contributed by atoms with E-state index >= 15 is 0 Å². The van der Waals surface area contributed by atoms with Crippen LogP contribution < -0.4 is 10.2 Å². The molecular formula is C16H15N3O4S. The molecule has 2 aromatic rings. The summed E-state index contributed by atoms with van der Waals surface area (Å²) >= 11 is 1.09. The standard InChI is InChI=1S/C16H15N3O4S/c1-9-2-4-10(5-3-9)17-12-7-13(20)19(15(12)23)16-18-11(8-24-16)6-14(21)22/h2-5,8,12,17H,6-7H2,1H3,(H,21,22). The lowest BCUT2D eigenvalue weighted by atomic mass is 10.2. The van der Waals surface area contributed by atoms with Gasteiger partial charge in [0.25, 0.3) is 5.91 Å². The first-order chi connectivity index (χ1) is 11.4. The number of rotatable bonds is 5. The fourth-order valence-corrected chi connectivity index (χ4v) is 3.28. The van der Waals surface area contributed by atoms with Crippen LogP contribution in [-0.2, 0) is 20.8 Å². The number of imide groups is 1. The van der Waals surface area contributed by atoms with E-state index < -0.39 is 12.0 Å². The van der Waals surface area contributed by atoms with Crippen LogP contribution in [0.5, 0.6) is 0 Å². The number of carboxylic acid groups (broad SMARTS) is 1. The molecule has 1 fully saturated rings. The van der Waals surface area contributed by atoms with Crippen LogP contribution in [0.2, 0.25) is 0 Å². The Balaban J connectivity index is 1.75. The fraction of sp³-hybridized carbons (Fsp3) is 0.250. The van der Waals surface area contributed by atoms with Gasteiger partial charge in [0.1, 0.15) is 6.04 Å². The number of anilines is 2. The van der Waals surface area contributed by atoms with Crippen molar-refractivity contribution in [1.82, 2.24) is 4.98 Å². The van der Waals surface area contributed by atoms with Crippen molar-refractivity contribution in [2.24, 2.45) is 0 Å². The lowest BCUT2D eigenvalue weighted by Crippen LogP contribution is -2.34. The molecular weight excluding hydrogens is 330 g/mol. The first-order valence-corrected chi connectivity index (χ1v) is 8.18. The molecule has 7 nitrogen and oxygen atoms in total. The molecule has 1 aliphatic rings. The van der Waals surface area contributed by atoms with Crippen molar-refractivity contribution >= 4 is 39.9 Å². The van der Waals surface area contributed by atoms with Crippen molar-refractivity contribution in [2.75, 3.05) is 10.2 Å². The summed E-state index contributed by atoms with van der Waals surface area (Å²) in [5.41, 5.74) is 2.20. The number of aliphatic carboxylic acids is 1. The number of nitrogens with zero attached hydrogens (tertiary/aromatic N) is 2. The number of carboxylic acids is 1. The number of hydrogen-bond donors (Lipinski definition) is 2. The first kappa shape index (κ1) is 16.1. The Kier molecular flexibility index (Phi) is 4.30. The third-order valence-electron chi connectivity index (χ3n) is 3.60. The molecule has 1 aromatic heterocycles. The van der Waals surface area contributed by atoms with Gasteiger partial charge >= 0.3 is 5.97 Å². The van der Waals surface area contributed by atoms with E-state index in [0.29, 0.717) is 5.69 Å². The number of aryl methyl sites for hydroxylation is 1. The minimum absolute atomic E-state index is 0.0422. The summed E-state index contributed by atoms with van der Waals surface area (Å²) in [5, 5.41) is 13.6. The molecule has 1 aromatic carbocycles. The third-order valence-corrected chi connectivity index (χ3v) is 4.48. The lowest BCUT2D eigenvalue weighted by Gasteiger charge is -2.13. The molecule has 0 spiro atoms. The Bertz CT molecular complexity index is 800. The van der Waals surface area contributed by atoms with Gasteiger partial charge in [0.2, 0.25) is 5.91 Å². The number of carbonyl (C=O) groups excluding carboxylic acids is 2. The van der Waals surface area contributed by atoms with Gasteiger partial charge < -0.3 is 10.4 Å². The molecule has 1 atom stereocenters. The third kappa shape index (κ3) is 3.28. The second kappa shape index (κ2) is 6.40. The Labute approximate surface area is 141 Å². The smallest absolute Gasteiger partial charge is 0.309 e. The zero-order valence-electron chi connectivity index (χ0n) is 12.9. The van der Waals surface area contributed by atoms with Gasteiger partial charge in [-0.2, -0.15) is 0 Å². The van der Waals surface area contributed by atoms with Crippen LogP contribution in [0.25, 0.3) is 0 Å². The molecule has 1 aliphatic heterocycles. The second-order valence-corrected chi connectivity index (χ2v) is 6.36. The van der Waals surface area contributed by atoms with Gasteiger partial charge in [0, 0.05) is 11.1 Å². The first-order valence-electron chi connectivity index (χ1n) is 7.30. The van der Waals surface area contributed by atoms with Crippen molar-refractivity contribution in [3.05, 3.63) is 40.9 Å². The topological polar surface area (TPSA) is 99.6 Å². The van der Waals surface area contributed by atoms with E-state index in [4.69, 9.17) is 5.11 Å². The van der Waals surface area contributed by atoms with E-state index in [-0.39, 0.29) is 29.8 Å². The Morgan fingerprint density at radius 1 is 1.38 bits per heavy atom. The SMILES string of the molecule is Cc1ccc(NC2CC(=O)N(c3nc(CC(=O)O)cs3)C2=O)cc1. The van der Waals surface area contributed by atoms with E-state index in [1.165, 1.54) is 0 Å². The summed E-state index contributed by atoms with van der Waals surface area (Å²) in [6.45, 7) is 1.97. The van der Waals surface area contributed by atoms with Crippen LogP contribution in [0.1, 0.15) is 17.7 Å². The molecule has 3 rings (SSSR count). The van der Waals surface area contributed by atoms with Gasteiger partial charge in [-0.15, -0.1) is 11.3 Å². The van der Waals surface area contributed by atoms with Crippen LogP contribution in [0.15, 0.2) is 29.6 Å². The van der Waals surface area contributed by atoms with Gasteiger partial charge in [-0.25, -0.2) is 9.88 Å². The van der Waals surface area contributed by atoms with Gasteiger partial charge in [-0.3, -0.25) is 14.4 Å². The normalized spacial score (nSPS) is 17.4. The maximum absolute atomic E-state index is 12.5. The highest BCUT2D eigenvalue weighted by molar-refractivity contribution is 7.14. The highest BCUT2D eigenvalue weighted by Crippen LogP contribution is 2.28. The molecule has 0 aliphatic carbocycles. The van der Waals surface area contributed by atoms with Crippen molar-refractivity contribution < 1.29 is 19.5 Å². The van der Waals surface area contributed by atoms with E-state index in [2.05, 4.69) is 10.3 Å². The summed E-state index contributed by atoms with van der Waals surface area (Å²) < 4.78 is 0.